The second-order valence-electron chi connectivity index (χ2n) is 10.3. The SMILES string of the molecule is CC1(C)O[C@H]2[C@H](O)[C@H](OC(=O)c3ccco3)CO[C@@]2(CN2CCC(NC(=O)OCc3ccccc3)CC2)O1. The largest absolute Gasteiger partial charge is 0.457 e. The van der Waals surface area contributed by atoms with Gasteiger partial charge in [0.05, 0.1) is 19.4 Å². The van der Waals surface area contributed by atoms with Gasteiger partial charge in [-0.05, 0) is 44.4 Å². The standard InChI is InChI=1S/C27H34N2O9/c1-26(2)37-23-22(30)21(36-24(31)20-9-6-14-33-20)16-35-27(23,38-26)17-29-12-10-19(11-13-29)28-25(32)34-15-18-7-4-3-5-8-18/h3-9,14,19,21-23,30H,10-13,15-17H2,1-2H3,(H,28,32)/t21-,22-,23+,27+/m1/s1. The number of nitrogens with zero attached hydrogens (tertiary/aromatic N) is 1. The van der Waals surface area contributed by atoms with Gasteiger partial charge in [0.2, 0.25) is 11.5 Å². The van der Waals surface area contributed by atoms with Crippen molar-refractivity contribution in [3.05, 3.63) is 60.1 Å². The molecule has 4 atom stereocenters. The summed E-state index contributed by atoms with van der Waals surface area (Å²) < 4.78 is 34.3. The topological polar surface area (TPSA) is 129 Å². The molecule has 2 aromatic rings. The maximum Gasteiger partial charge on any atom is 0.407 e. The third kappa shape index (κ3) is 6.02. The predicted molar refractivity (Wildman–Crippen MR) is 132 cm³/mol. The molecule has 0 aliphatic carbocycles. The summed E-state index contributed by atoms with van der Waals surface area (Å²) in [5.74, 6) is -2.89. The molecule has 0 bridgehead atoms. The maximum atomic E-state index is 12.4. The third-order valence-corrected chi connectivity index (χ3v) is 6.99. The quantitative estimate of drug-likeness (QED) is 0.515. The van der Waals surface area contributed by atoms with Gasteiger partial charge in [0.25, 0.3) is 0 Å². The van der Waals surface area contributed by atoms with Crippen molar-refractivity contribution in [2.45, 2.75) is 69.2 Å². The molecule has 3 saturated heterocycles. The van der Waals surface area contributed by atoms with Gasteiger partial charge in [-0.1, -0.05) is 30.3 Å². The van der Waals surface area contributed by atoms with Crippen molar-refractivity contribution in [3.8, 4) is 0 Å². The first-order chi connectivity index (χ1) is 18.2. The third-order valence-electron chi connectivity index (χ3n) is 6.99. The Morgan fingerprint density at radius 2 is 1.89 bits per heavy atom. The number of aliphatic hydroxyl groups excluding tert-OH is 1. The molecule has 5 rings (SSSR count). The fraction of sp³-hybridized carbons (Fsp3) is 0.556. The molecule has 4 heterocycles. The maximum absolute atomic E-state index is 12.4. The van der Waals surface area contributed by atoms with Crippen LogP contribution in [0.5, 0.6) is 0 Å². The number of ether oxygens (including phenoxy) is 5. The lowest BCUT2D eigenvalue weighted by Gasteiger charge is -2.45. The zero-order valence-corrected chi connectivity index (χ0v) is 21.5. The number of alkyl carbamates (subject to hydrolysis) is 1. The van der Waals surface area contributed by atoms with Gasteiger partial charge in [0.15, 0.2) is 11.9 Å². The van der Waals surface area contributed by atoms with Gasteiger partial charge in [-0.3, -0.25) is 4.90 Å². The van der Waals surface area contributed by atoms with Crippen LogP contribution in [0.2, 0.25) is 0 Å². The first kappa shape index (κ1) is 26.6. The van der Waals surface area contributed by atoms with Gasteiger partial charge in [0.1, 0.15) is 18.8 Å². The molecule has 0 unspecified atom stereocenters. The van der Waals surface area contributed by atoms with Crippen LogP contribution in [-0.2, 0) is 30.3 Å². The molecule has 1 aromatic heterocycles. The monoisotopic (exact) mass is 530 g/mol. The van der Waals surface area contributed by atoms with Crippen molar-refractivity contribution >= 4 is 12.1 Å². The fourth-order valence-electron chi connectivity index (χ4n) is 5.19. The number of nitrogens with one attached hydrogen (secondary N) is 1. The van der Waals surface area contributed by atoms with E-state index in [9.17, 15) is 14.7 Å². The molecule has 0 saturated carbocycles. The minimum Gasteiger partial charge on any atom is -0.457 e. The van der Waals surface area contributed by atoms with Crippen LogP contribution >= 0.6 is 0 Å². The summed E-state index contributed by atoms with van der Waals surface area (Å²) >= 11 is 0. The minimum absolute atomic E-state index is 0.0109. The number of hydrogen-bond acceptors (Lipinski definition) is 10. The molecule has 0 spiro atoms. The van der Waals surface area contributed by atoms with E-state index < -0.39 is 41.9 Å². The van der Waals surface area contributed by atoms with Gasteiger partial charge in [-0.25, -0.2) is 9.59 Å². The summed E-state index contributed by atoms with van der Waals surface area (Å²) in [5.41, 5.74) is 0.931. The zero-order chi connectivity index (χ0) is 26.8. The highest BCUT2D eigenvalue weighted by Gasteiger charge is 2.62. The van der Waals surface area contributed by atoms with Crippen molar-refractivity contribution in [2.75, 3.05) is 26.2 Å². The Balaban J connectivity index is 1.14. The number of rotatable bonds is 7. The molecule has 1 aromatic carbocycles. The first-order valence-corrected chi connectivity index (χ1v) is 12.9. The Morgan fingerprint density at radius 3 is 2.61 bits per heavy atom. The highest BCUT2D eigenvalue weighted by molar-refractivity contribution is 5.86. The Bertz CT molecular complexity index is 1090. The number of likely N-dealkylation sites (tertiary alicyclic amines) is 1. The molecule has 0 radical (unpaired) electrons. The molecule has 3 fully saturated rings. The molecule has 38 heavy (non-hydrogen) atoms. The number of esters is 1. The lowest BCUT2D eigenvalue weighted by molar-refractivity contribution is -0.297. The Hall–Kier alpha value is -2.96. The normalized spacial score (nSPS) is 29.4. The van der Waals surface area contributed by atoms with E-state index in [1.807, 2.05) is 30.3 Å². The van der Waals surface area contributed by atoms with Gasteiger partial charge >= 0.3 is 12.1 Å². The lowest BCUT2D eigenvalue weighted by Crippen LogP contribution is -2.64. The summed E-state index contributed by atoms with van der Waals surface area (Å²) in [4.78, 5) is 26.8. The van der Waals surface area contributed by atoms with E-state index in [0.717, 1.165) is 18.4 Å². The second kappa shape index (κ2) is 11.0. The predicted octanol–water partition coefficient (Wildman–Crippen LogP) is 2.43. The molecular weight excluding hydrogens is 496 g/mol. The summed E-state index contributed by atoms with van der Waals surface area (Å²) in [6.45, 7) is 5.38. The van der Waals surface area contributed by atoms with Crippen molar-refractivity contribution in [1.82, 2.24) is 10.2 Å². The number of carbonyl (C=O) groups is 2. The van der Waals surface area contributed by atoms with Crippen LogP contribution in [-0.4, -0.2) is 84.2 Å². The lowest BCUT2D eigenvalue weighted by atomic mass is 9.95. The smallest absolute Gasteiger partial charge is 0.407 e. The van der Waals surface area contributed by atoms with Crippen LogP contribution in [0.4, 0.5) is 4.79 Å². The van der Waals surface area contributed by atoms with Crippen LogP contribution < -0.4 is 5.32 Å². The van der Waals surface area contributed by atoms with Gasteiger partial charge < -0.3 is 38.5 Å². The summed E-state index contributed by atoms with van der Waals surface area (Å²) in [7, 11) is 0. The van der Waals surface area contributed by atoms with Crippen molar-refractivity contribution < 1.29 is 42.8 Å². The number of carbonyl (C=O) groups excluding carboxylic acids is 2. The number of piperidine rings is 1. The van der Waals surface area contributed by atoms with E-state index in [1.54, 1.807) is 19.9 Å². The number of benzene rings is 1. The number of hydrogen-bond donors (Lipinski definition) is 2. The molecule has 206 valence electrons. The van der Waals surface area contributed by atoms with Crippen molar-refractivity contribution in [3.63, 3.8) is 0 Å². The zero-order valence-electron chi connectivity index (χ0n) is 21.5. The highest BCUT2D eigenvalue weighted by atomic mass is 16.8. The van der Waals surface area contributed by atoms with Crippen LogP contribution in [0.1, 0.15) is 42.8 Å². The molecule has 11 nitrogen and oxygen atoms in total. The van der Waals surface area contributed by atoms with E-state index in [4.69, 9.17) is 28.1 Å². The first-order valence-electron chi connectivity index (χ1n) is 12.9. The molecule has 2 N–H and O–H groups in total. The van der Waals surface area contributed by atoms with Crippen molar-refractivity contribution in [2.24, 2.45) is 0 Å². The highest BCUT2D eigenvalue weighted by Crippen LogP contribution is 2.43. The van der Waals surface area contributed by atoms with E-state index in [1.165, 1.54) is 12.3 Å². The van der Waals surface area contributed by atoms with Gasteiger partial charge in [0, 0.05) is 19.1 Å². The van der Waals surface area contributed by atoms with E-state index in [2.05, 4.69) is 10.2 Å². The molecule has 1 amide bonds. The second-order valence-corrected chi connectivity index (χ2v) is 10.3. The van der Waals surface area contributed by atoms with Crippen LogP contribution in [0.3, 0.4) is 0 Å². The molecular formula is C27H34N2O9. The molecule has 3 aliphatic heterocycles. The number of aliphatic hydroxyl groups is 1. The van der Waals surface area contributed by atoms with Gasteiger partial charge in [-0.2, -0.15) is 0 Å². The van der Waals surface area contributed by atoms with E-state index in [-0.39, 0.29) is 25.0 Å². The van der Waals surface area contributed by atoms with E-state index >= 15 is 0 Å². The Labute approximate surface area is 220 Å². The van der Waals surface area contributed by atoms with Gasteiger partial charge in [-0.15, -0.1) is 0 Å². The number of fused-ring (bicyclic) bond motifs is 1. The van der Waals surface area contributed by atoms with Crippen LogP contribution in [0.25, 0.3) is 0 Å². The number of furan rings is 1. The fourth-order valence-corrected chi connectivity index (χ4v) is 5.19. The van der Waals surface area contributed by atoms with Crippen LogP contribution in [0, 0.1) is 0 Å². The van der Waals surface area contributed by atoms with Crippen molar-refractivity contribution in [1.29, 1.82) is 0 Å². The minimum atomic E-state index is -1.23. The molecule has 3 aliphatic rings. The van der Waals surface area contributed by atoms with Crippen LogP contribution in [0.15, 0.2) is 53.1 Å². The average molecular weight is 531 g/mol. The summed E-state index contributed by atoms with van der Waals surface area (Å²) in [6, 6.07) is 12.6. The number of amides is 1. The Kier molecular flexibility index (Phi) is 7.73. The molecule has 11 heteroatoms. The summed E-state index contributed by atoms with van der Waals surface area (Å²) in [5, 5.41) is 14.1. The summed E-state index contributed by atoms with van der Waals surface area (Å²) in [6.07, 6.45) is -0.603. The van der Waals surface area contributed by atoms with E-state index in [0.29, 0.717) is 19.6 Å². The average Bonchev–Trinajstić information content (AvgIpc) is 3.53. The Morgan fingerprint density at radius 1 is 1.13 bits per heavy atom.